The Labute approximate surface area is 117 Å². The molecular formula is C12H9ClF3N3O. The average molecular weight is 304 g/mol. The summed E-state index contributed by atoms with van der Waals surface area (Å²) in [5.41, 5.74) is -0.828. The van der Waals surface area contributed by atoms with Crippen LogP contribution in [0.25, 0.3) is 0 Å². The lowest BCUT2D eigenvalue weighted by Gasteiger charge is -2.23. The van der Waals surface area contributed by atoms with Gasteiger partial charge in [0.25, 0.3) is 5.91 Å². The van der Waals surface area contributed by atoms with E-state index in [0.717, 1.165) is 17.1 Å². The maximum atomic E-state index is 12.7. The normalized spacial score (nSPS) is 21.6. The molecule has 1 atom stereocenters. The van der Waals surface area contributed by atoms with Crippen LogP contribution < -0.4 is 5.01 Å². The number of hydrazone groups is 1. The highest BCUT2D eigenvalue weighted by Gasteiger charge is 2.33. The van der Waals surface area contributed by atoms with Gasteiger partial charge in [0.2, 0.25) is 0 Å². The Balaban J connectivity index is 2.42. The lowest BCUT2D eigenvalue weighted by atomic mass is 10.1. The summed E-state index contributed by atoms with van der Waals surface area (Å²) in [4.78, 5) is 15.8. The lowest BCUT2D eigenvalue weighted by Crippen LogP contribution is -2.42. The zero-order valence-electron chi connectivity index (χ0n) is 10.2. The molecule has 0 N–H and O–H groups in total. The second-order valence-electron chi connectivity index (χ2n) is 3.94. The minimum absolute atomic E-state index is 0.00536. The van der Waals surface area contributed by atoms with Gasteiger partial charge in [0, 0.05) is 13.3 Å². The monoisotopic (exact) mass is 303 g/mol. The first-order valence-corrected chi connectivity index (χ1v) is 5.95. The average Bonchev–Trinajstić information content (AvgIpc) is 2.38. The smallest absolute Gasteiger partial charge is 0.285 e. The molecule has 20 heavy (non-hydrogen) atoms. The Morgan fingerprint density at radius 2 is 2.10 bits per heavy atom. The predicted octanol–water partition coefficient (Wildman–Crippen LogP) is 2.72. The summed E-state index contributed by atoms with van der Waals surface area (Å²) in [6.45, 7) is 0. The van der Waals surface area contributed by atoms with E-state index in [0.29, 0.717) is 0 Å². The highest BCUT2D eigenvalue weighted by atomic mass is 35.5. The molecule has 1 aliphatic rings. The maximum Gasteiger partial charge on any atom is 0.416 e. The summed E-state index contributed by atoms with van der Waals surface area (Å²) in [5, 5.41) is 3.82. The first kappa shape index (κ1) is 14.5. The van der Waals surface area contributed by atoms with Crippen molar-refractivity contribution in [2.45, 2.75) is 11.6 Å². The molecular weight excluding hydrogens is 295 g/mol. The third-order valence-electron chi connectivity index (χ3n) is 2.64. The number of amides is 1. The SMILES string of the molecule is CN=C1C(=O)N(c2cccc(C(F)(F)F)c2)N=CC1Cl. The standard InChI is InChI=1S/C12H9ClF3N3O/c1-17-10-9(13)6-18-19(11(10)20)8-4-2-3-7(5-8)12(14,15)16/h2-6,9H,1H3. The first-order chi connectivity index (χ1) is 9.34. The molecule has 1 amide bonds. The topological polar surface area (TPSA) is 45.0 Å². The fraction of sp³-hybridized carbons (Fsp3) is 0.250. The number of carbonyl (C=O) groups is 1. The number of hydrogen-bond acceptors (Lipinski definition) is 3. The largest absolute Gasteiger partial charge is 0.416 e. The van der Waals surface area contributed by atoms with Crippen molar-refractivity contribution >= 4 is 35.1 Å². The highest BCUT2D eigenvalue weighted by Crippen LogP contribution is 2.32. The first-order valence-electron chi connectivity index (χ1n) is 5.51. The van der Waals surface area contributed by atoms with E-state index in [1.54, 1.807) is 0 Å². The molecule has 2 rings (SSSR count). The van der Waals surface area contributed by atoms with Gasteiger partial charge in [0.15, 0.2) is 0 Å². The van der Waals surface area contributed by atoms with Crippen molar-refractivity contribution in [2.24, 2.45) is 10.1 Å². The van der Waals surface area contributed by atoms with Gasteiger partial charge in [-0.2, -0.15) is 23.3 Å². The second kappa shape index (κ2) is 5.24. The number of nitrogens with zero attached hydrogens (tertiary/aromatic N) is 3. The van der Waals surface area contributed by atoms with Gasteiger partial charge in [-0.15, -0.1) is 11.6 Å². The van der Waals surface area contributed by atoms with Crippen molar-refractivity contribution in [1.82, 2.24) is 0 Å². The predicted molar refractivity (Wildman–Crippen MR) is 70.4 cm³/mol. The fourth-order valence-corrected chi connectivity index (χ4v) is 1.93. The van der Waals surface area contributed by atoms with E-state index in [4.69, 9.17) is 11.6 Å². The molecule has 8 heteroatoms. The molecule has 0 radical (unpaired) electrons. The molecule has 1 aromatic carbocycles. The van der Waals surface area contributed by atoms with E-state index in [9.17, 15) is 18.0 Å². The summed E-state index contributed by atoms with van der Waals surface area (Å²) in [5.74, 6) is -0.644. The van der Waals surface area contributed by atoms with Crippen LogP contribution >= 0.6 is 11.6 Å². The third kappa shape index (κ3) is 2.67. The summed E-state index contributed by atoms with van der Waals surface area (Å²) in [6.07, 6.45) is -3.25. The van der Waals surface area contributed by atoms with E-state index in [2.05, 4.69) is 10.1 Å². The molecule has 0 fully saturated rings. The molecule has 0 aromatic heterocycles. The van der Waals surface area contributed by atoms with Crippen molar-refractivity contribution in [3.63, 3.8) is 0 Å². The number of hydrogen-bond donors (Lipinski definition) is 0. The Hall–Kier alpha value is -1.89. The van der Waals surface area contributed by atoms with Gasteiger partial charge in [0.05, 0.1) is 11.3 Å². The van der Waals surface area contributed by atoms with Crippen molar-refractivity contribution < 1.29 is 18.0 Å². The van der Waals surface area contributed by atoms with Crippen molar-refractivity contribution in [3.05, 3.63) is 29.8 Å². The van der Waals surface area contributed by atoms with E-state index < -0.39 is 23.0 Å². The third-order valence-corrected chi connectivity index (χ3v) is 2.96. The van der Waals surface area contributed by atoms with Crippen molar-refractivity contribution in [1.29, 1.82) is 0 Å². The zero-order chi connectivity index (χ0) is 14.9. The molecule has 0 saturated heterocycles. The number of aliphatic imine (C=N–C) groups is 1. The van der Waals surface area contributed by atoms with Crippen LogP contribution in [0.2, 0.25) is 0 Å². The van der Waals surface area contributed by atoms with Crippen molar-refractivity contribution in [3.8, 4) is 0 Å². The van der Waals surface area contributed by atoms with Gasteiger partial charge in [0.1, 0.15) is 11.1 Å². The molecule has 1 heterocycles. The Kier molecular flexibility index (Phi) is 3.80. The van der Waals surface area contributed by atoms with Crippen molar-refractivity contribution in [2.75, 3.05) is 12.1 Å². The highest BCUT2D eigenvalue weighted by molar-refractivity contribution is 6.59. The minimum atomic E-state index is -4.49. The van der Waals surface area contributed by atoms with Gasteiger partial charge >= 0.3 is 6.18 Å². The fourth-order valence-electron chi connectivity index (χ4n) is 1.69. The summed E-state index contributed by atoms with van der Waals surface area (Å²) in [7, 11) is 1.38. The van der Waals surface area contributed by atoms with Crippen LogP contribution in [0.4, 0.5) is 18.9 Å². The molecule has 0 spiro atoms. The van der Waals surface area contributed by atoms with Crippen LogP contribution in [0.5, 0.6) is 0 Å². The van der Waals surface area contributed by atoms with Crippen LogP contribution in [0, 0.1) is 0 Å². The van der Waals surface area contributed by atoms with E-state index in [1.807, 2.05) is 0 Å². The quantitative estimate of drug-likeness (QED) is 0.736. The number of anilines is 1. The van der Waals surface area contributed by atoms with Crippen LogP contribution in [-0.4, -0.2) is 30.3 Å². The van der Waals surface area contributed by atoms with Gasteiger partial charge in [-0.1, -0.05) is 6.07 Å². The molecule has 0 saturated carbocycles. The Bertz CT molecular complexity index is 598. The van der Waals surface area contributed by atoms with Gasteiger partial charge < -0.3 is 0 Å². The molecule has 106 valence electrons. The summed E-state index contributed by atoms with van der Waals surface area (Å²) >= 11 is 5.83. The van der Waals surface area contributed by atoms with Crippen LogP contribution in [0.1, 0.15) is 5.56 Å². The molecule has 1 aliphatic heterocycles. The second-order valence-corrected chi connectivity index (χ2v) is 4.41. The molecule has 1 aromatic rings. The van der Waals surface area contributed by atoms with Crippen LogP contribution in [0.15, 0.2) is 34.4 Å². The lowest BCUT2D eigenvalue weighted by molar-refractivity contribution is -0.137. The molecule has 1 unspecified atom stereocenters. The maximum absolute atomic E-state index is 12.7. The minimum Gasteiger partial charge on any atom is -0.285 e. The number of carbonyl (C=O) groups excluding carboxylic acids is 1. The van der Waals surface area contributed by atoms with Gasteiger partial charge in [-0.25, -0.2) is 0 Å². The number of halogens is 4. The van der Waals surface area contributed by atoms with E-state index in [1.165, 1.54) is 25.4 Å². The van der Waals surface area contributed by atoms with Crippen LogP contribution in [-0.2, 0) is 11.0 Å². The van der Waals surface area contributed by atoms with Gasteiger partial charge in [-0.05, 0) is 18.2 Å². The number of benzene rings is 1. The summed E-state index contributed by atoms with van der Waals surface area (Å²) in [6, 6.07) is 4.32. The van der Waals surface area contributed by atoms with Gasteiger partial charge in [-0.3, -0.25) is 9.79 Å². The number of rotatable bonds is 1. The summed E-state index contributed by atoms with van der Waals surface area (Å²) < 4.78 is 38.0. The Morgan fingerprint density at radius 3 is 2.70 bits per heavy atom. The van der Waals surface area contributed by atoms with E-state index >= 15 is 0 Å². The number of alkyl halides is 4. The van der Waals surface area contributed by atoms with Crippen LogP contribution in [0.3, 0.4) is 0 Å². The zero-order valence-corrected chi connectivity index (χ0v) is 11.0. The molecule has 0 bridgehead atoms. The molecule has 4 nitrogen and oxygen atoms in total. The van der Waals surface area contributed by atoms with E-state index in [-0.39, 0.29) is 11.4 Å². The Morgan fingerprint density at radius 1 is 1.40 bits per heavy atom. The molecule has 0 aliphatic carbocycles.